The number of halogens is 2. The van der Waals surface area contributed by atoms with Crippen LogP contribution in [-0.2, 0) is 11.2 Å². The summed E-state index contributed by atoms with van der Waals surface area (Å²) in [5.74, 6) is -0.951. The summed E-state index contributed by atoms with van der Waals surface area (Å²) in [5, 5.41) is 0.372. The van der Waals surface area contributed by atoms with E-state index in [1.807, 2.05) is 0 Å². The maximum absolute atomic E-state index is 14.3. The molecular weight excluding hydrogens is 349 g/mol. The van der Waals surface area contributed by atoms with Gasteiger partial charge in [-0.25, -0.2) is 9.18 Å². The molecule has 0 saturated carbocycles. The van der Waals surface area contributed by atoms with Crippen LogP contribution in [0.4, 0.5) is 10.1 Å². The number of hydrogen-bond donors (Lipinski definition) is 0. The molecule has 2 aromatic carbocycles. The molecule has 0 fully saturated rings. The number of fused-ring (bicyclic) bond motifs is 1. The Balaban J connectivity index is 1.90. The predicted molar refractivity (Wildman–Crippen MR) is 91.3 cm³/mol. The molecule has 0 atom stereocenters. The van der Waals surface area contributed by atoms with Gasteiger partial charge in [-0.05, 0) is 23.8 Å². The maximum Gasteiger partial charge on any atom is 0.330 e. The molecule has 0 spiro atoms. The first-order valence-electron chi connectivity index (χ1n) is 7.50. The number of carbonyl (C=O) groups excluding carboxylic acids is 2. The number of rotatable bonds is 4. The van der Waals surface area contributed by atoms with E-state index in [0.717, 1.165) is 6.07 Å². The molecule has 7 heteroatoms. The van der Waals surface area contributed by atoms with Gasteiger partial charge in [0.25, 0.3) is 0 Å². The second-order valence-corrected chi connectivity index (χ2v) is 6.09. The van der Waals surface area contributed by atoms with Crippen molar-refractivity contribution in [1.82, 2.24) is 0 Å². The Bertz CT molecular complexity index is 868. The van der Waals surface area contributed by atoms with E-state index in [9.17, 15) is 14.0 Å². The van der Waals surface area contributed by atoms with Crippen LogP contribution in [-0.4, -0.2) is 32.5 Å². The molecule has 5 nitrogen and oxygen atoms in total. The fourth-order valence-corrected chi connectivity index (χ4v) is 2.87. The standard InChI is InChI=1S/C18H15ClFNO4/c1-21-9-18(23)25-17-8-14(20)12(7-15(17)21)16(22)5-10-3-4-11(24-2)6-13(10)19/h3-4,6-8H,5,9H2,1-2H3. The third kappa shape index (κ3) is 3.44. The van der Waals surface area contributed by atoms with Crippen molar-refractivity contribution in [2.24, 2.45) is 0 Å². The van der Waals surface area contributed by atoms with E-state index in [4.69, 9.17) is 21.1 Å². The van der Waals surface area contributed by atoms with Gasteiger partial charge in [-0.2, -0.15) is 0 Å². The molecule has 0 N–H and O–H groups in total. The summed E-state index contributed by atoms with van der Waals surface area (Å²) in [6.07, 6.45) is -0.0535. The van der Waals surface area contributed by atoms with Crippen LogP contribution in [0.1, 0.15) is 15.9 Å². The van der Waals surface area contributed by atoms with Gasteiger partial charge in [0.15, 0.2) is 11.5 Å². The van der Waals surface area contributed by atoms with E-state index in [0.29, 0.717) is 22.0 Å². The van der Waals surface area contributed by atoms with Crippen molar-refractivity contribution in [2.75, 3.05) is 25.6 Å². The van der Waals surface area contributed by atoms with Crippen molar-refractivity contribution in [3.8, 4) is 11.5 Å². The lowest BCUT2D eigenvalue weighted by atomic mass is 10.0. The van der Waals surface area contributed by atoms with Gasteiger partial charge in [0, 0.05) is 24.6 Å². The zero-order valence-electron chi connectivity index (χ0n) is 13.6. The molecule has 2 aromatic rings. The normalized spacial score (nSPS) is 13.3. The Morgan fingerprint density at radius 3 is 2.80 bits per heavy atom. The number of nitrogens with zero attached hydrogens (tertiary/aromatic N) is 1. The molecule has 3 rings (SSSR count). The molecule has 0 saturated heterocycles. The highest BCUT2D eigenvalue weighted by atomic mass is 35.5. The smallest absolute Gasteiger partial charge is 0.330 e. The Hall–Kier alpha value is -2.60. The second kappa shape index (κ2) is 6.72. The summed E-state index contributed by atoms with van der Waals surface area (Å²) in [4.78, 5) is 25.6. The molecular formula is C18H15ClFNO4. The lowest BCUT2D eigenvalue weighted by Crippen LogP contribution is -2.34. The average Bonchev–Trinajstić information content (AvgIpc) is 2.55. The molecule has 0 amide bonds. The van der Waals surface area contributed by atoms with Gasteiger partial charge in [0.1, 0.15) is 18.1 Å². The summed E-state index contributed by atoms with van der Waals surface area (Å²) >= 11 is 6.14. The molecule has 1 aliphatic rings. The fraction of sp³-hybridized carbons (Fsp3) is 0.222. The number of esters is 1. The van der Waals surface area contributed by atoms with Crippen LogP contribution >= 0.6 is 11.6 Å². The van der Waals surface area contributed by atoms with Crippen LogP contribution in [0.2, 0.25) is 5.02 Å². The molecule has 1 aliphatic heterocycles. The Kier molecular flexibility index (Phi) is 4.63. The molecule has 130 valence electrons. The molecule has 0 aromatic heterocycles. The SMILES string of the molecule is COc1ccc(CC(=O)c2cc3c(cc2F)OC(=O)CN3C)c(Cl)c1. The zero-order valence-corrected chi connectivity index (χ0v) is 14.4. The monoisotopic (exact) mass is 363 g/mol. The number of Topliss-reactive ketones (excluding diaryl/α,β-unsaturated/α-hetero) is 1. The minimum Gasteiger partial charge on any atom is -0.497 e. The van der Waals surface area contributed by atoms with Crippen molar-refractivity contribution >= 4 is 29.0 Å². The highest BCUT2D eigenvalue weighted by molar-refractivity contribution is 6.31. The van der Waals surface area contributed by atoms with Crippen molar-refractivity contribution in [1.29, 1.82) is 0 Å². The molecule has 0 radical (unpaired) electrons. The van der Waals surface area contributed by atoms with E-state index < -0.39 is 17.6 Å². The average molecular weight is 364 g/mol. The summed E-state index contributed by atoms with van der Waals surface area (Å²) in [5.41, 5.74) is 0.991. The zero-order chi connectivity index (χ0) is 18.1. The number of likely N-dealkylation sites (N-methyl/N-ethyl adjacent to an activating group) is 1. The Morgan fingerprint density at radius 1 is 1.36 bits per heavy atom. The second-order valence-electron chi connectivity index (χ2n) is 5.69. The largest absolute Gasteiger partial charge is 0.497 e. The molecule has 1 heterocycles. The minimum atomic E-state index is -0.739. The number of ketones is 1. The third-order valence-corrected chi connectivity index (χ3v) is 4.31. The number of methoxy groups -OCH3 is 1. The number of hydrogen-bond acceptors (Lipinski definition) is 5. The van der Waals surface area contributed by atoms with Gasteiger partial charge in [-0.1, -0.05) is 17.7 Å². The number of anilines is 1. The highest BCUT2D eigenvalue weighted by Gasteiger charge is 2.25. The van der Waals surface area contributed by atoms with Crippen molar-refractivity contribution < 1.29 is 23.5 Å². The topological polar surface area (TPSA) is 55.8 Å². The number of benzene rings is 2. The predicted octanol–water partition coefficient (Wildman–Crippen LogP) is 3.27. The first-order chi connectivity index (χ1) is 11.9. The first-order valence-corrected chi connectivity index (χ1v) is 7.88. The molecule has 0 bridgehead atoms. The van der Waals surface area contributed by atoms with Gasteiger partial charge >= 0.3 is 5.97 Å². The van der Waals surface area contributed by atoms with Crippen molar-refractivity contribution in [3.05, 3.63) is 52.3 Å². The lowest BCUT2D eigenvalue weighted by Gasteiger charge is -2.26. The van der Waals surface area contributed by atoms with Crippen LogP contribution in [0, 0.1) is 5.82 Å². The summed E-state index contributed by atoms with van der Waals surface area (Å²) < 4.78 is 24.4. The Labute approximate surface area is 148 Å². The maximum atomic E-state index is 14.3. The summed E-state index contributed by atoms with van der Waals surface area (Å²) in [7, 11) is 3.19. The molecule has 0 unspecified atom stereocenters. The van der Waals surface area contributed by atoms with E-state index in [-0.39, 0.29) is 24.3 Å². The van der Waals surface area contributed by atoms with Gasteiger partial charge in [-0.15, -0.1) is 0 Å². The fourth-order valence-electron chi connectivity index (χ4n) is 2.64. The number of carbonyl (C=O) groups is 2. The summed E-state index contributed by atoms with van der Waals surface area (Å²) in [6, 6.07) is 7.41. The van der Waals surface area contributed by atoms with Gasteiger partial charge in [0.2, 0.25) is 0 Å². The summed E-state index contributed by atoms with van der Waals surface area (Å²) in [6.45, 7) is 0.0383. The highest BCUT2D eigenvalue weighted by Crippen LogP contribution is 2.34. The van der Waals surface area contributed by atoms with Crippen molar-refractivity contribution in [2.45, 2.75) is 6.42 Å². The first kappa shape index (κ1) is 17.2. The van der Waals surface area contributed by atoms with E-state index in [1.165, 1.54) is 13.2 Å². The lowest BCUT2D eigenvalue weighted by molar-refractivity contribution is -0.133. The quantitative estimate of drug-likeness (QED) is 0.474. The number of ether oxygens (including phenoxy) is 2. The van der Waals surface area contributed by atoms with Gasteiger partial charge < -0.3 is 14.4 Å². The molecule has 25 heavy (non-hydrogen) atoms. The van der Waals surface area contributed by atoms with E-state index in [1.54, 1.807) is 30.1 Å². The van der Waals surface area contributed by atoms with E-state index >= 15 is 0 Å². The van der Waals surface area contributed by atoms with E-state index in [2.05, 4.69) is 0 Å². The van der Waals surface area contributed by atoms with Crippen LogP contribution in [0.25, 0.3) is 0 Å². The van der Waals surface area contributed by atoms with Crippen LogP contribution in [0.5, 0.6) is 11.5 Å². The van der Waals surface area contributed by atoms with Crippen molar-refractivity contribution in [3.63, 3.8) is 0 Å². The van der Waals surface area contributed by atoms with Crippen LogP contribution in [0.3, 0.4) is 0 Å². The van der Waals surface area contributed by atoms with Crippen LogP contribution in [0.15, 0.2) is 30.3 Å². The third-order valence-electron chi connectivity index (χ3n) is 3.96. The minimum absolute atomic E-state index is 0.0383. The van der Waals surface area contributed by atoms with Gasteiger partial charge in [-0.3, -0.25) is 4.79 Å². The van der Waals surface area contributed by atoms with Crippen LogP contribution < -0.4 is 14.4 Å². The Morgan fingerprint density at radius 2 is 2.12 bits per heavy atom. The van der Waals surface area contributed by atoms with Gasteiger partial charge in [0.05, 0.1) is 18.4 Å². The molecule has 0 aliphatic carbocycles.